The van der Waals surface area contributed by atoms with Gasteiger partial charge in [0.05, 0.1) is 17.1 Å². The number of hydrogen-bond donors (Lipinski definition) is 1. The van der Waals surface area contributed by atoms with Gasteiger partial charge in [0.1, 0.15) is 10.4 Å². The number of hydrogen-bond acceptors (Lipinski definition) is 3. The lowest BCUT2D eigenvalue weighted by Gasteiger charge is -2.17. The van der Waals surface area contributed by atoms with Crippen molar-refractivity contribution in [1.82, 2.24) is 9.55 Å². The third-order valence-corrected chi connectivity index (χ3v) is 4.79. The zero-order valence-electron chi connectivity index (χ0n) is 10.5. The van der Waals surface area contributed by atoms with Crippen LogP contribution in [0.1, 0.15) is 5.82 Å². The monoisotopic (exact) mass is 337 g/mol. The standard InChI is InChI=1S/C13H12BrN3OS/c1-7-15-13(14)12(17(7)2)8-3-4-10-9(5-8)16-11(18)6-19-10/h3-5H,6H2,1-2H3,(H,16,18). The fourth-order valence-corrected chi connectivity index (χ4v) is 3.65. The smallest absolute Gasteiger partial charge is 0.234 e. The fraction of sp³-hybridized carbons (Fsp3) is 0.231. The number of carbonyl (C=O) groups excluding carboxylic acids is 1. The summed E-state index contributed by atoms with van der Waals surface area (Å²) in [6.07, 6.45) is 0. The molecule has 0 spiro atoms. The molecule has 2 aromatic rings. The highest BCUT2D eigenvalue weighted by Crippen LogP contribution is 2.36. The Hall–Kier alpha value is -1.27. The lowest BCUT2D eigenvalue weighted by atomic mass is 10.1. The molecule has 0 aliphatic carbocycles. The van der Waals surface area contributed by atoms with Crippen LogP contribution < -0.4 is 5.32 Å². The van der Waals surface area contributed by atoms with Gasteiger partial charge in [-0.25, -0.2) is 4.98 Å². The number of fused-ring (bicyclic) bond motifs is 1. The second-order valence-corrected chi connectivity index (χ2v) is 6.17. The van der Waals surface area contributed by atoms with Gasteiger partial charge in [0.25, 0.3) is 0 Å². The van der Waals surface area contributed by atoms with Crippen LogP contribution in [-0.4, -0.2) is 21.2 Å². The summed E-state index contributed by atoms with van der Waals surface area (Å²) in [7, 11) is 1.98. The molecule has 0 radical (unpaired) electrons. The molecule has 4 nitrogen and oxygen atoms in total. The number of aromatic nitrogens is 2. The van der Waals surface area contributed by atoms with Crippen molar-refractivity contribution in [2.45, 2.75) is 11.8 Å². The predicted octanol–water partition coefficient (Wildman–Crippen LogP) is 3.20. The number of aryl methyl sites for hydroxylation is 1. The Morgan fingerprint density at radius 1 is 1.47 bits per heavy atom. The number of carbonyl (C=O) groups is 1. The van der Waals surface area contributed by atoms with Gasteiger partial charge < -0.3 is 9.88 Å². The lowest BCUT2D eigenvalue weighted by Crippen LogP contribution is -2.18. The van der Waals surface area contributed by atoms with E-state index in [0.717, 1.165) is 32.3 Å². The van der Waals surface area contributed by atoms with Gasteiger partial charge in [-0.05, 0) is 35.0 Å². The molecule has 0 unspecified atom stereocenters. The normalized spacial score (nSPS) is 14.2. The molecule has 0 atom stereocenters. The van der Waals surface area contributed by atoms with Crippen LogP contribution >= 0.6 is 27.7 Å². The first-order valence-corrected chi connectivity index (χ1v) is 7.60. The van der Waals surface area contributed by atoms with Crippen molar-refractivity contribution in [2.24, 2.45) is 7.05 Å². The van der Waals surface area contributed by atoms with E-state index in [9.17, 15) is 4.79 Å². The summed E-state index contributed by atoms with van der Waals surface area (Å²) in [4.78, 5) is 17.0. The van der Waals surface area contributed by atoms with Gasteiger partial charge >= 0.3 is 0 Å². The van der Waals surface area contributed by atoms with Crippen LogP contribution in [0.2, 0.25) is 0 Å². The number of nitrogens with zero attached hydrogens (tertiary/aromatic N) is 2. The Morgan fingerprint density at radius 2 is 2.26 bits per heavy atom. The molecule has 1 aliphatic rings. The number of nitrogens with one attached hydrogen (secondary N) is 1. The molecule has 1 amide bonds. The highest BCUT2D eigenvalue weighted by molar-refractivity contribution is 9.10. The van der Waals surface area contributed by atoms with Gasteiger partial charge in [-0.1, -0.05) is 6.07 Å². The highest BCUT2D eigenvalue weighted by Gasteiger charge is 2.18. The Kier molecular flexibility index (Phi) is 3.14. The zero-order valence-corrected chi connectivity index (χ0v) is 12.9. The molecule has 1 aromatic carbocycles. The maximum absolute atomic E-state index is 11.5. The van der Waals surface area contributed by atoms with Crippen LogP contribution in [0.5, 0.6) is 0 Å². The summed E-state index contributed by atoms with van der Waals surface area (Å²) in [5, 5.41) is 2.91. The van der Waals surface area contributed by atoms with Crippen LogP contribution in [-0.2, 0) is 11.8 Å². The minimum absolute atomic E-state index is 0.0508. The van der Waals surface area contributed by atoms with Crippen molar-refractivity contribution in [2.75, 3.05) is 11.1 Å². The molecule has 2 heterocycles. The Labute approximate surface area is 123 Å². The van der Waals surface area contributed by atoms with Gasteiger partial charge in [-0.2, -0.15) is 0 Å². The van der Waals surface area contributed by atoms with E-state index in [0.29, 0.717) is 5.75 Å². The summed E-state index contributed by atoms with van der Waals surface area (Å²) >= 11 is 5.06. The number of amides is 1. The van der Waals surface area contributed by atoms with Gasteiger partial charge in [0, 0.05) is 17.5 Å². The maximum atomic E-state index is 11.5. The van der Waals surface area contributed by atoms with E-state index in [4.69, 9.17) is 0 Å². The van der Waals surface area contributed by atoms with E-state index < -0.39 is 0 Å². The molecule has 6 heteroatoms. The van der Waals surface area contributed by atoms with Gasteiger partial charge in [-0.3, -0.25) is 4.79 Å². The van der Waals surface area contributed by atoms with E-state index in [1.54, 1.807) is 11.8 Å². The molecule has 1 aromatic heterocycles. The molecule has 1 N–H and O–H groups in total. The molecule has 1 aliphatic heterocycles. The van der Waals surface area contributed by atoms with E-state index in [2.05, 4.69) is 32.3 Å². The first kappa shape index (κ1) is 12.7. The minimum atomic E-state index is 0.0508. The van der Waals surface area contributed by atoms with E-state index >= 15 is 0 Å². The first-order valence-electron chi connectivity index (χ1n) is 5.82. The molecular weight excluding hydrogens is 326 g/mol. The van der Waals surface area contributed by atoms with Crippen LogP contribution in [0.3, 0.4) is 0 Å². The molecule has 0 bridgehead atoms. The molecule has 0 saturated heterocycles. The van der Waals surface area contributed by atoms with Crippen LogP contribution in [0.4, 0.5) is 5.69 Å². The first-order chi connectivity index (χ1) is 9.06. The molecule has 98 valence electrons. The number of benzene rings is 1. The molecular formula is C13H12BrN3OS. The van der Waals surface area contributed by atoms with Gasteiger partial charge in [-0.15, -0.1) is 11.8 Å². The number of rotatable bonds is 1. The van der Waals surface area contributed by atoms with Crippen molar-refractivity contribution < 1.29 is 4.79 Å². The average molecular weight is 338 g/mol. The molecule has 19 heavy (non-hydrogen) atoms. The second kappa shape index (κ2) is 4.68. The molecule has 0 saturated carbocycles. The lowest BCUT2D eigenvalue weighted by molar-refractivity contribution is -0.113. The van der Waals surface area contributed by atoms with Crippen LogP contribution in [0.25, 0.3) is 11.3 Å². The number of imidazole rings is 1. The molecule has 0 fully saturated rings. The van der Waals surface area contributed by atoms with E-state index in [1.165, 1.54) is 0 Å². The van der Waals surface area contributed by atoms with Crippen molar-refractivity contribution in [1.29, 1.82) is 0 Å². The Balaban J connectivity index is 2.11. The van der Waals surface area contributed by atoms with Crippen LogP contribution in [0.15, 0.2) is 27.7 Å². The van der Waals surface area contributed by atoms with Gasteiger partial charge in [0.15, 0.2) is 0 Å². The van der Waals surface area contributed by atoms with Crippen molar-refractivity contribution in [3.05, 3.63) is 28.6 Å². The SMILES string of the molecule is Cc1nc(Br)c(-c2ccc3c(c2)NC(=O)CS3)n1C. The number of thioether (sulfide) groups is 1. The Morgan fingerprint density at radius 3 is 2.95 bits per heavy atom. The van der Waals surface area contributed by atoms with E-state index in [1.807, 2.05) is 30.7 Å². The quantitative estimate of drug-likeness (QED) is 0.869. The topological polar surface area (TPSA) is 46.9 Å². The van der Waals surface area contributed by atoms with Crippen molar-refractivity contribution >= 4 is 39.3 Å². The van der Waals surface area contributed by atoms with Crippen molar-refractivity contribution in [3.8, 4) is 11.3 Å². The van der Waals surface area contributed by atoms with Crippen molar-refractivity contribution in [3.63, 3.8) is 0 Å². The van der Waals surface area contributed by atoms with Gasteiger partial charge in [0.2, 0.25) is 5.91 Å². The minimum Gasteiger partial charge on any atom is -0.330 e. The number of anilines is 1. The third kappa shape index (κ3) is 2.19. The van der Waals surface area contributed by atoms with E-state index in [-0.39, 0.29) is 5.91 Å². The van der Waals surface area contributed by atoms with Crippen LogP contribution in [0, 0.1) is 6.92 Å². The summed E-state index contributed by atoms with van der Waals surface area (Å²) < 4.78 is 2.85. The highest BCUT2D eigenvalue weighted by atomic mass is 79.9. The maximum Gasteiger partial charge on any atom is 0.234 e. The second-order valence-electron chi connectivity index (χ2n) is 4.41. The fourth-order valence-electron chi connectivity index (χ4n) is 2.11. The number of halogens is 1. The summed E-state index contributed by atoms with van der Waals surface area (Å²) in [6.45, 7) is 1.96. The zero-order chi connectivity index (χ0) is 13.6. The summed E-state index contributed by atoms with van der Waals surface area (Å²) in [5.41, 5.74) is 2.94. The Bertz CT molecular complexity index is 681. The molecule has 3 rings (SSSR count). The largest absolute Gasteiger partial charge is 0.330 e. The predicted molar refractivity (Wildman–Crippen MR) is 80.4 cm³/mol. The third-order valence-electron chi connectivity index (χ3n) is 3.16. The summed E-state index contributed by atoms with van der Waals surface area (Å²) in [5.74, 6) is 1.48. The average Bonchev–Trinajstić information content (AvgIpc) is 2.62. The summed E-state index contributed by atoms with van der Waals surface area (Å²) in [6, 6.07) is 6.11.